The quantitative estimate of drug-likeness (QED) is 0.315. The molecule has 0 aliphatic heterocycles. The Labute approximate surface area is 213 Å². The molecule has 0 atom stereocenters. The molecule has 35 heavy (non-hydrogen) atoms. The van der Waals surface area contributed by atoms with Gasteiger partial charge in [0.05, 0.1) is 32.4 Å². The van der Waals surface area contributed by atoms with Gasteiger partial charge in [-0.05, 0) is 56.3 Å². The summed E-state index contributed by atoms with van der Waals surface area (Å²) >= 11 is 3.44. The number of halogens is 1. The third kappa shape index (κ3) is 6.23. The molecule has 0 saturated heterocycles. The molecule has 1 heterocycles. The zero-order valence-electron chi connectivity index (χ0n) is 20.1. The Morgan fingerprint density at radius 1 is 1.11 bits per heavy atom. The van der Waals surface area contributed by atoms with Crippen LogP contribution in [0.25, 0.3) is 5.69 Å². The first kappa shape index (κ1) is 26.3. The highest BCUT2D eigenvalue weighted by atomic mass is 79.9. The van der Waals surface area contributed by atoms with Gasteiger partial charge < -0.3 is 14.0 Å². The summed E-state index contributed by atoms with van der Waals surface area (Å²) in [7, 11) is -0.891. The zero-order chi connectivity index (χ0) is 25.8. The number of benzene rings is 2. The number of ether oxygens (including phenoxy) is 2. The summed E-state index contributed by atoms with van der Waals surface area (Å²) < 4.78 is 39.4. The van der Waals surface area contributed by atoms with E-state index in [1.54, 1.807) is 12.1 Å². The number of anilines is 1. The lowest BCUT2D eigenvalue weighted by Crippen LogP contribution is -2.39. The zero-order valence-corrected chi connectivity index (χ0v) is 22.5. The summed E-state index contributed by atoms with van der Waals surface area (Å²) in [6, 6.07) is 14.5. The lowest BCUT2D eigenvalue weighted by molar-refractivity contribution is -0.119. The van der Waals surface area contributed by atoms with Gasteiger partial charge in [0, 0.05) is 33.2 Å². The maximum atomic E-state index is 12.6. The van der Waals surface area contributed by atoms with Crippen LogP contribution in [0, 0.1) is 13.8 Å². The molecule has 0 bridgehead atoms. The van der Waals surface area contributed by atoms with E-state index in [4.69, 9.17) is 9.47 Å². The molecule has 11 heteroatoms. The molecule has 1 N–H and O–H groups in total. The third-order valence-corrected chi connectivity index (χ3v) is 6.95. The van der Waals surface area contributed by atoms with Gasteiger partial charge in [0.2, 0.25) is 10.0 Å². The van der Waals surface area contributed by atoms with Crippen LogP contribution < -0.4 is 19.2 Å². The molecule has 1 amide bonds. The van der Waals surface area contributed by atoms with Crippen molar-refractivity contribution in [1.29, 1.82) is 0 Å². The SMILES string of the molecule is COc1ccc(N(CC(=O)N/N=C\c2cc(C)n(-c3ccc(Br)cc3)c2C)S(C)(=O)=O)c(OC)c1. The Hall–Kier alpha value is -3.31. The monoisotopic (exact) mass is 562 g/mol. The topological polar surface area (TPSA) is 102 Å². The van der Waals surface area contributed by atoms with Crippen molar-refractivity contribution in [3.05, 3.63) is 70.0 Å². The molecule has 0 saturated carbocycles. The number of carbonyl (C=O) groups is 1. The molecule has 0 fully saturated rings. The molecule has 0 radical (unpaired) electrons. The van der Waals surface area contributed by atoms with Gasteiger partial charge in [-0.25, -0.2) is 13.8 Å². The van der Waals surface area contributed by atoms with Crippen molar-refractivity contribution in [2.45, 2.75) is 13.8 Å². The lowest BCUT2D eigenvalue weighted by atomic mass is 10.2. The lowest BCUT2D eigenvalue weighted by Gasteiger charge is -2.23. The number of sulfonamides is 1. The van der Waals surface area contributed by atoms with Crippen molar-refractivity contribution in [2.24, 2.45) is 5.10 Å². The van der Waals surface area contributed by atoms with E-state index in [9.17, 15) is 13.2 Å². The molecule has 186 valence electrons. The van der Waals surface area contributed by atoms with Crippen LogP contribution in [0.3, 0.4) is 0 Å². The molecule has 3 rings (SSSR count). The number of hydrogen-bond acceptors (Lipinski definition) is 6. The maximum absolute atomic E-state index is 12.6. The Morgan fingerprint density at radius 2 is 1.80 bits per heavy atom. The van der Waals surface area contributed by atoms with Crippen LogP contribution in [0.4, 0.5) is 5.69 Å². The number of hydrazone groups is 1. The van der Waals surface area contributed by atoms with Gasteiger partial charge in [0.25, 0.3) is 5.91 Å². The predicted octanol–water partition coefficient (Wildman–Crippen LogP) is 3.79. The van der Waals surface area contributed by atoms with Gasteiger partial charge in [-0.2, -0.15) is 5.10 Å². The fourth-order valence-electron chi connectivity index (χ4n) is 3.62. The highest BCUT2D eigenvalue weighted by Crippen LogP contribution is 2.33. The average molecular weight is 563 g/mol. The first-order valence-corrected chi connectivity index (χ1v) is 13.2. The minimum Gasteiger partial charge on any atom is -0.497 e. The smallest absolute Gasteiger partial charge is 0.260 e. The van der Waals surface area contributed by atoms with Gasteiger partial charge in [-0.3, -0.25) is 9.10 Å². The highest BCUT2D eigenvalue weighted by Gasteiger charge is 2.24. The fraction of sp³-hybridized carbons (Fsp3) is 0.250. The van der Waals surface area contributed by atoms with Gasteiger partial charge in [0.15, 0.2) is 0 Å². The summed E-state index contributed by atoms with van der Waals surface area (Å²) in [4.78, 5) is 12.6. The molecule has 0 aliphatic rings. The van der Waals surface area contributed by atoms with E-state index in [0.717, 1.165) is 37.7 Å². The van der Waals surface area contributed by atoms with E-state index in [0.29, 0.717) is 5.75 Å². The van der Waals surface area contributed by atoms with Crippen molar-refractivity contribution in [1.82, 2.24) is 9.99 Å². The van der Waals surface area contributed by atoms with Crippen molar-refractivity contribution in [3.63, 3.8) is 0 Å². The molecule has 2 aromatic carbocycles. The molecule has 0 aliphatic carbocycles. The van der Waals surface area contributed by atoms with Crippen LogP contribution in [0.1, 0.15) is 17.0 Å². The standard InChI is InChI=1S/C24H27BrN4O5S/c1-16-12-18(17(2)29(16)20-8-6-19(25)7-9-20)14-26-27-24(30)15-28(35(5,31)32)22-11-10-21(33-3)13-23(22)34-4/h6-14H,15H2,1-5H3,(H,27,30)/b26-14-. The summed E-state index contributed by atoms with van der Waals surface area (Å²) in [6.07, 6.45) is 2.55. The van der Waals surface area contributed by atoms with Crippen LogP contribution in [0.15, 0.2) is 58.1 Å². The van der Waals surface area contributed by atoms with Crippen LogP contribution in [-0.2, 0) is 14.8 Å². The Balaban J connectivity index is 1.77. The summed E-state index contributed by atoms with van der Waals surface area (Å²) in [5.41, 5.74) is 6.41. The first-order valence-electron chi connectivity index (χ1n) is 10.5. The fourth-order valence-corrected chi connectivity index (χ4v) is 4.74. The van der Waals surface area contributed by atoms with E-state index in [-0.39, 0.29) is 11.4 Å². The Bertz CT molecular complexity index is 1350. The number of amides is 1. The molecule has 9 nitrogen and oxygen atoms in total. The molecular formula is C24H27BrN4O5S. The minimum absolute atomic E-state index is 0.216. The van der Waals surface area contributed by atoms with Gasteiger partial charge in [-0.15, -0.1) is 0 Å². The maximum Gasteiger partial charge on any atom is 0.260 e. The first-order chi connectivity index (χ1) is 16.5. The van der Waals surface area contributed by atoms with Crippen LogP contribution >= 0.6 is 15.9 Å². The highest BCUT2D eigenvalue weighted by molar-refractivity contribution is 9.10. The Kier molecular flexibility index (Phi) is 8.23. The third-order valence-electron chi connectivity index (χ3n) is 5.29. The molecule has 0 spiro atoms. The second kappa shape index (κ2) is 11.0. The summed E-state index contributed by atoms with van der Waals surface area (Å²) in [5.74, 6) is 0.145. The number of aromatic nitrogens is 1. The minimum atomic E-state index is -3.79. The number of hydrogen-bond donors (Lipinski definition) is 1. The number of aryl methyl sites for hydroxylation is 1. The number of rotatable bonds is 9. The van der Waals surface area contributed by atoms with Crippen molar-refractivity contribution in [2.75, 3.05) is 31.3 Å². The predicted molar refractivity (Wildman–Crippen MR) is 140 cm³/mol. The largest absolute Gasteiger partial charge is 0.497 e. The van der Waals surface area contributed by atoms with Crippen LogP contribution in [0.5, 0.6) is 11.5 Å². The normalized spacial score (nSPS) is 11.5. The van der Waals surface area contributed by atoms with Gasteiger partial charge in [0.1, 0.15) is 18.0 Å². The van der Waals surface area contributed by atoms with Crippen LogP contribution in [0.2, 0.25) is 0 Å². The number of nitrogens with one attached hydrogen (secondary N) is 1. The Morgan fingerprint density at radius 3 is 2.40 bits per heavy atom. The second-order valence-electron chi connectivity index (χ2n) is 7.74. The number of nitrogens with zero attached hydrogens (tertiary/aromatic N) is 3. The molecule has 1 aromatic heterocycles. The van der Waals surface area contributed by atoms with E-state index in [1.165, 1.54) is 26.5 Å². The molecule has 0 unspecified atom stereocenters. The molecule has 3 aromatic rings. The van der Waals surface area contributed by atoms with E-state index < -0.39 is 22.5 Å². The second-order valence-corrected chi connectivity index (χ2v) is 10.6. The van der Waals surface area contributed by atoms with Crippen molar-refractivity contribution < 1.29 is 22.7 Å². The van der Waals surface area contributed by atoms with Crippen LogP contribution in [-0.4, -0.2) is 52.1 Å². The van der Waals surface area contributed by atoms with E-state index in [1.807, 2.05) is 44.2 Å². The number of methoxy groups -OCH3 is 2. The van der Waals surface area contributed by atoms with Crippen molar-refractivity contribution >= 4 is 43.8 Å². The van der Waals surface area contributed by atoms with Crippen molar-refractivity contribution in [3.8, 4) is 17.2 Å². The van der Waals surface area contributed by atoms with E-state index >= 15 is 0 Å². The van der Waals surface area contributed by atoms with E-state index in [2.05, 4.69) is 31.0 Å². The summed E-state index contributed by atoms with van der Waals surface area (Å²) in [5, 5.41) is 4.05. The molecular weight excluding hydrogens is 536 g/mol. The van der Waals surface area contributed by atoms with Gasteiger partial charge >= 0.3 is 0 Å². The number of carbonyl (C=O) groups excluding carboxylic acids is 1. The van der Waals surface area contributed by atoms with Gasteiger partial charge in [-0.1, -0.05) is 15.9 Å². The average Bonchev–Trinajstić information content (AvgIpc) is 3.10. The summed E-state index contributed by atoms with van der Waals surface area (Å²) in [6.45, 7) is 3.47.